The van der Waals surface area contributed by atoms with Crippen molar-refractivity contribution in [2.75, 3.05) is 5.32 Å². The van der Waals surface area contributed by atoms with E-state index in [1.54, 1.807) is 0 Å². The van der Waals surface area contributed by atoms with Crippen LogP contribution in [0.1, 0.15) is 32.1 Å². The zero-order valence-electron chi connectivity index (χ0n) is 13.7. The van der Waals surface area contributed by atoms with Gasteiger partial charge in [-0.15, -0.1) is 0 Å². The fourth-order valence-electron chi connectivity index (χ4n) is 5.36. The first-order chi connectivity index (χ1) is 11.8. The zero-order chi connectivity index (χ0) is 17.8. The highest BCUT2D eigenvalue weighted by Gasteiger charge is 2.56. The smallest absolute Gasteiger partial charge is 0.325 e. The molecule has 0 saturated heterocycles. The van der Waals surface area contributed by atoms with Crippen molar-refractivity contribution >= 4 is 33.5 Å². The van der Waals surface area contributed by atoms with Crippen molar-refractivity contribution in [2.45, 2.75) is 43.0 Å². The summed E-state index contributed by atoms with van der Waals surface area (Å²) in [6, 6.07) is 1.43. The molecule has 7 nitrogen and oxygen atoms in total. The molecule has 0 aliphatic heterocycles. The van der Waals surface area contributed by atoms with E-state index in [9.17, 15) is 14.4 Å². The molecule has 25 heavy (non-hydrogen) atoms. The lowest BCUT2D eigenvalue weighted by molar-refractivity contribution is -0.138. The highest BCUT2D eigenvalue weighted by atomic mass is 79.9. The predicted molar refractivity (Wildman–Crippen MR) is 93.5 cm³/mol. The van der Waals surface area contributed by atoms with Gasteiger partial charge in [-0.05, 0) is 55.9 Å². The number of aliphatic carboxylic acids is 1. The summed E-state index contributed by atoms with van der Waals surface area (Å²) in [7, 11) is 0. The summed E-state index contributed by atoms with van der Waals surface area (Å²) in [5.41, 5.74) is -0.484. The van der Waals surface area contributed by atoms with Gasteiger partial charge < -0.3 is 10.4 Å². The third-order valence-corrected chi connectivity index (χ3v) is 6.93. The Labute approximate surface area is 152 Å². The number of hydrogen-bond donors (Lipinski definition) is 2. The van der Waals surface area contributed by atoms with E-state index < -0.39 is 18.1 Å². The maximum absolute atomic E-state index is 12.9. The monoisotopic (exact) mass is 409 g/mol. The van der Waals surface area contributed by atoms with Crippen LogP contribution in [0, 0.1) is 23.7 Å². The van der Waals surface area contributed by atoms with Crippen molar-refractivity contribution in [3.05, 3.63) is 22.6 Å². The molecule has 1 amide bonds. The lowest BCUT2D eigenvalue weighted by Crippen LogP contribution is -2.55. The Bertz CT molecular complexity index is 776. The number of rotatable bonds is 4. The topological polar surface area (TPSA) is 101 Å². The van der Waals surface area contributed by atoms with Gasteiger partial charge in [0.1, 0.15) is 12.2 Å². The highest BCUT2D eigenvalue weighted by molar-refractivity contribution is 9.10. The first kappa shape index (κ1) is 16.8. The number of anilines is 1. The van der Waals surface area contributed by atoms with Crippen LogP contribution in [0.25, 0.3) is 0 Å². The summed E-state index contributed by atoms with van der Waals surface area (Å²) >= 11 is 3.90. The van der Waals surface area contributed by atoms with Gasteiger partial charge in [0, 0.05) is 16.4 Å². The van der Waals surface area contributed by atoms with E-state index in [4.69, 9.17) is 5.11 Å². The number of nitrogens with one attached hydrogen (secondary N) is 1. The van der Waals surface area contributed by atoms with Crippen LogP contribution < -0.4 is 10.9 Å². The minimum Gasteiger partial charge on any atom is -0.480 e. The molecule has 1 aromatic heterocycles. The Morgan fingerprint density at radius 3 is 2.60 bits per heavy atom. The Kier molecular flexibility index (Phi) is 3.97. The second-order valence-electron chi connectivity index (χ2n) is 7.74. The number of carbonyl (C=O) groups is 2. The van der Waals surface area contributed by atoms with E-state index in [0.717, 1.165) is 30.4 Å². The molecule has 8 heteroatoms. The van der Waals surface area contributed by atoms with Gasteiger partial charge in [-0.2, -0.15) is 5.10 Å². The van der Waals surface area contributed by atoms with E-state index in [-0.39, 0.29) is 21.8 Å². The first-order valence-electron chi connectivity index (χ1n) is 8.62. The largest absolute Gasteiger partial charge is 0.480 e. The zero-order valence-corrected chi connectivity index (χ0v) is 15.2. The fourth-order valence-corrected chi connectivity index (χ4v) is 6.65. The number of aromatic nitrogens is 2. The van der Waals surface area contributed by atoms with Crippen LogP contribution in [0.3, 0.4) is 0 Å². The molecule has 4 fully saturated rings. The summed E-state index contributed by atoms with van der Waals surface area (Å²) in [5.74, 6) is 0.0802. The van der Waals surface area contributed by atoms with Crippen molar-refractivity contribution in [3.63, 3.8) is 0 Å². The summed E-state index contributed by atoms with van der Waals surface area (Å²) in [4.78, 5) is 36.0. The Balaban J connectivity index is 1.54. The van der Waals surface area contributed by atoms with E-state index in [1.165, 1.54) is 18.7 Å². The van der Waals surface area contributed by atoms with Crippen LogP contribution in [0.4, 0.5) is 5.69 Å². The minimum atomic E-state index is -1.15. The average molecular weight is 410 g/mol. The van der Waals surface area contributed by atoms with Crippen molar-refractivity contribution in [2.24, 2.45) is 23.7 Å². The SMILES string of the molecule is O=C(O)Cn1nccc(NC(=O)C2C3CC4CC2CC(Br)(C4)C3)c1=O. The molecule has 4 saturated carbocycles. The van der Waals surface area contributed by atoms with Gasteiger partial charge in [0.2, 0.25) is 5.91 Å². The molecule has 4 bridgehead atoms. The molecule has 0 radical (unpaired) electrons. The Morgan fingerprint density at radius 2 is 2.00 bits per heavy atom. The molecule has 2 atom stereocenters. The molecule has 4 aliphatic carbocycles. The second-order valence-corrected chi connectivity index (χ2v) is 9.42. The molecule has 1 heterocycles. The van der Waals surface area contributed by atoms with Crippen molar-refractivity contribution in [1.29, 1.82) is 0 Å². The maximum atomic E-state index is 12.9. The van der Waals surface area contributed by atoms with Gasteiger partial charge in [-0.25, -0.2) is 4.68 Å². The van der Waals surface area contributed by atoms with Gasteiger partial charge in [0.05, 0.1) is 0 Å². The molecule has 1 aromatic rings. The lowest BCUT2D eigenvalue weighted by atomic mass is 9.51. The van der Waals surface area contributed by atoms with E-state index >= 15 is 0 Å². The maximum Gasteiger partial charge on any atom is 0.325 e. The normalized spacial score (nSPS) is 35.6. The van der Waals surface area contributed by atoms with Gasteiger partial charge in [0.25, 0.3) is 5.56 Å². The van der Waals surface area contributed by atoms with Crippen LogP contribution in [0.5, 0.6) is 0 Å². The third kappa shape index (κ3) is 3.01. The third-order valence-electron chi connectivity index (χ3n) is 5.96. The molecular formula is C17H20BrN3O4. The quantitative estimate of drug-likeness (QED) is 0.738. The summed E-state index contributed by atoms with van der Waals surface area (Å²) in [6.45, 7) is -0.523. The standard InChI is InChI=1S/C17H20BrN3O4/c18-17-5-9-3-10(6-17)14(11(4-9)7-17)15(24)20-12-1-2-19-21(16(12)25)8-13(22)23/h1-2,9-11,14H,3-8H2,(H,20,24)(H,22,23). The molecule has 0 spiro atoms. The summed E-state index contributed by atoms with van der Waals surface area (Å²) in [5, 5.41) is 15.3. The van der Waals surface area contributed by atoms with Crippen LogP contribution in [0.2, 0.25) is 0 Å². The van der Waals surface area contributed by atoms with Gasteiger partial charge in [-0.3, -0.25) is 14.4 Å². The molecule has 2 N–H and O–H groups in total. The number of amides is 1. The van der Waals surface area contributed by atoms with E-state index in [1.807, 2.05) is 0 Å². The van der Waals surface area contributed by atoms with E-state index in [0.29, 0.717) is 17.8 Å². The molecule has 5 rings (SSSR count). The van der Waals surface area contributed by atoms with Crippen LogP contribution in [-0.4, -0.2) is 31.1 Å². The number of carboxylic acid groups (broad SMARTS) is 1. The second kappa shape index (κ2) is 5.93. The van der Waals surface area contributed by atoms with Crippen LogP contribution in [-0.2, 0) is 16.1 Å². The van der Waals surface area contributed by atoms with Crippen LogP contribution in [0.15, 0.2) is 17.1 Å². The fraction of sp³-hybridized carbons (Fsp3) is 0.647. The van der Waals surface area contributed by atoms with Gasteiger partial charge in [-0.1, -0.05) is 15.9 Å². The lowest BCUT2D eigenvalue weighted by Gasteiger charge is -2.57. The molecule has 4 aliphatic rings. The Morgan fingerprint density at radius 1 is 1.32 bits per heavy atom. The molecule has 134 valence electrons. The summed E-state index contributed by atoms with van der Waals surface area (Å²) < 4.78 is 1.05. The average Bonchev–Trinajstić information content (AvgIpc) is 2.48. The number of nitrogens with zero attached hydrogens (tertiary/aromatic N) is 2. The number of hydrogen-bond acceptors (Lipinski definition) is 4. The van der Waals surface area contributed by atoms with Gasteiger partial charge >= 0.3 is 5.97 Å². The van der Waals surface area contributed by atoms with Crippen LogP contribution >= 0.6 is 15.9 Å². The Hall–Kier alpha value is -1.70. The number of carbonyl (C=O) groups excluding carboxylic acids is 1. The molecule has 0 aromatic carbocycles. The number of carboxylic acids is 1. The summed E-state index contributed by atoms with van der Waals surface area (Å²) in [6.07, 6.45) is 6.74. The highest BCUT2D eigenvalue weighted by Crippen LogP contribution is 2.61. The first-order valence-corrected chi connectivity index (χ1v) is 9.42. The van der Waals surface area contributed by atoms with Crippen molar-refractivity contribution in [3.8, 4) is 0 Å². The molecule has 2 unspecified atom stereocenters. The van der Waals surface area contributed by atoms with Crippen molar-refractivity contribution in [1.82, 2.24) is 9.78 Å². The van der Waals surface area contributed by atoms with Crippen molar-refractivity contribution < 1.29 is 14.7 Å². The van der Waals surface area contributed by atoms with E-state index in [2.05, 4.69) is 26.3 Å². The minimum absolute atomic E-state index is 0.0669. The number of alkyl halides is 1. The van der Waals surface area contributed by atoms with Gasteiger partial charge in [0.15, 0.2) is 0 Å². The number of halogens is 1. The predicted octanol–water partition coefficient (Wildman–Crippen LogP) is 1.86. The molecular weight excluding hydrogens is 390 g/mol.